The van der Waals surface area contributed by atoms with E-state index in [1.807, 2.05) is 13.8 Å². The molecule has 192 valence electrons. The number of benzene rings is 2. The number of sulfonamides is 1. The molecule has 10 heteroatoms. The van der Waals surface area contributed by atoms with Gasteiger partial charge in [0, 0.05) is 31.6 Å². The first-order chi connectivity index (χ1) is 16.4. The summed E-state index contributed by atoms with van der Waals surface area (Å²) in [5.41, 5.74) is 0.555. The molecule has 0 unspecified atom stereocenters. The number of hydrogen-bond donors (Lipinski definition) is 1. The molecule has 7 nitrogen and oxygen atoms in total. The van der Waals surface area contributed by atoms with Gasteiger partial charge in [-0.1, -0.05) is 32.0 Å². The van der Waals surface area contributed by atoms with Crippen LogP contribution in [0, 0.1) is 17.6 Å². The lowest BCUT2D eigenvalue weighted by Crippen LogP contribution is -2.48. The van der Waals surface area contributed by atoms with Crippen molar-refractivity contribution >= 4 is 27.5 Å². The minimum Gasteiger partial charge on any atom is -0.354 e. The highest BCUT2D eigenvalue weighted by molar-refractivity contribution is 7.92. The Balaban J connectivity index is 2.16. The summed E-state index contributed by atoms with van der Waals surface area (Å²) >= 11 is 0. The summed E-state index contributed by atoms with van der Waals surface area (Å²) in [7, 11) is -3.68. The zero-order valence-electron chi connectivity index (χ0n) is 20.5. The largest absolute Gasteiger partial charge is 0.354 e. The Morgan fingerprint density at radius 1 is 1.00 bits per heavy atom. The average Bonchev–Trinajstić information content (AvgIpc) is 2.79. The maximum Gasteiger partial charge on any atom is 0.242 e. The number of carbonyl (C=O) groups is 2. The molecule has 0 radical (unpaired) electrons. The fourth-order valence-electron chi connectivity index (χ4n) is 3.46. The summed E-state index contributed by atoms with van der Waals surface area (Å²) in [4.78, 5) is 27.1. The minimum atomic E-state index is -3.68. The Morgan fingerprint density at radius 2 is 1.63 bits per heavy atom. The molecule has 2 rings (SSSR count). The first-order valence-corrected chi connectivity index (χ1v) is 13.3. The van der Waals surface area contributed by atoms with Crippen molar-refractivity contribution in [3.8, 4) is 0 Å². The van der Waals surface area contributed by atoms with Gasteiger partial charge in [0.15, 0.2) is 0 Å². The van der Waals surface area contributed by atoms with Gasteiger partial charge in [-0.05, 0) is 49.6 Å². The highest BCUT2D eigenvalue weighted by atomic mass is 32.2. The van der Waals surface area contributed by atoms with Gasteiger partial charge in [0.2, 0.25) is 21.8 Å². The summed E-state index contributed by atoms with van der Waals surface area (Å²) in [5, 5.41) is 2.79. The van der Waals surface area contributed by atoms with Gasteiger partial charge in [-0.3, -0.25) is 13.9 Å². The molecule has 2 amide bonds. The van der Waals surface area contributed by atoms with E-state index in [0.29, 0.717) is 6.54 Å². The molecule has 1 atom stereocenters. The molecule has 0 aliphatic heterocycles. The lowest BCUT2D eigenvalue weighted by atomic mass is 10.1. The highest BCUT2D eigenvalue weighted by Gasteiger charge is 2.27. The lowest BCUT2D eigenvalue weighted by molar-refractivity contribution is -0.140. The van der Waals surface area contributed by atoms with E-state index < -0.39 is 33.6 Å². The van der Waals surface area contributed by atoms with Crippen molar-refractivity contribution in [3.63, 3.8) is 0 Å². The molecule has 0 aliphatic rings. The number of halogens is 2. The molecule has 2 aromatic rings. The van der Waals surface area contributed by atoms with Crippen LogP contribution in [-0.2, 0) is 26.2 Å². The molecule has 0 aromatic heterocycles. The SMILES string of the molecule is CC(C)CNC(=O)[C@@H](C)N(Cc1ccccc1F)C(=O)CCCN(c1ccc(F)cc1)S(C)(=O)=O. The fourth-order valence-corrected chi connectivity index (χ4v) is 4.42. The van der Waals surface area contributed by atoms with Crippen molar-refractivity contribution in [2.45, 2.75) is 46.2 Å². The van der Waals surface area contributed by atoms with E-state index in [2.05, 4.69) is 5.32 Å². The summed E-state index contributed by atoms with van der Waals surface area (Å²) in [6, 6.07) is 10.2. The minimum absolute atomic E-state index is 0.0162. The highest BCUT2D eigenvalue weighted by Crippen LogP contribution is 2.20. The van der Waals surface area contributed by atoms with Crippen molar-refractivity contribution in [2.24, 2.45) is 5.92 Å². The van der Waals surface area contributed by atoms with Gasteiger partial charge in [0.1, 0.15) is 17.7 Å². The van der Waals surface area contributed by atoms with Gasteiger partial charge in [0.25, 0.3) is 0 Å². The van der Waals surface area contributed by atoms with Crippen LogP contribution in [0.2, 0.25) is 0 Å². The standard InChI is InChI=1S/C25H33F2N3O4S/c1-18(2)16-28-25(32)19(3)29(17-20-8-5-6-9-23(20)27)24(31)10-7-15-30(35(4,33)34)22-13-11-21(26)12-14-22/h5-6,8-9,11-14,18-19H,7,10,15-17H2,1-4H3,(H,28,32)/t19-/m1/s1. The van der Waals surface area contributed by atoms with Crippen LogP contribution in [0.1, 0.15) is 39.2 Å². The summed E-state index contributed by atoms with van der Waals surface area (Å²) in [6.07, 6.45) is 1.12. The van der Waals surface area contributed by atoms with Crippen LogP contribution in [0.3, 0.4) is 0 Å². The van der Waals surface area contributed by atoms with E-state index in [0.717, 1.165) is 22.7 Å². The van der Waals surface area contributed by atoms with Crippen molar-refractivity contribution in [2.75, 3.05) is 23.7 Å². The maximum absolute atomic E-state index is 14.3. The lowest BCUT2D eigenvalue weighted by Gasteiger charge is -2.29. The Hall–Kier alpha value is -3.01. The number of anilines is 1. The number of hydrogen-bond acceptors (Lipinski definition) is 4. The van der Waals surface area contributed by atoms with E-state index in [4.69, 9.17) is 0 Å². The van der Waals surface area contributed by atoms with Gasteiger partial charge < -0.3 is 10.2 Å². The van der Waals surface area contributed by atoms with E-state index in [-0.39, 0.29) is 49.0 Å². The number of nitrogens with zero attached hydrogens (tertiary/aromatic N) is 2. The van der Waals surface area contributed by atoms with Crippen LogP contribution in [-0.4, -0.2) is 50.5 Å². The predicted molar refractivity (Wildman–Crippen MR) is 132 cm³/mol. The molecule has 1 N–H and O–H groups in total. The van der Waals surface area contributed by atoms with Crippen LogP contribution in [0.25, 0.3) is 0 Å². The number of amides is 2. The van der Waals surface area contributed by atoms with E-state index in [1.54, 1.807) is 25.1 Å². The van der Waals surface area contributed by atoms with Crippen molar-refractivity contribution in [1.29, 1.82) is 0 Å². The fraction of sp³-hybridized carbons (Fsp3) is 0.440. The predicted octanol–water partition coefficient (Wildman–Crippen LogP) is 3.70. The van der Waals surface area contributed by atoms with Gasteiger partial charge in [-0.2, -0.15) is 0 Å². The quantitative estimate of drug-likeness (QED) is 0.473. The molecule has 0 bridgehead atoms. The molecular weight excluding hydrogens is 476 g/mol. The molecule has 0 fully saturated rings. The van der Waals surface area contributed by atoms with E-state index in [9.17, 15) is 26.8 Å². The second-order valence-corrected chi connectivity index (χ2v) is 10.7. The van der Waals surface area contributed by atoms with E-state index >= 15 is 0 Å². The van der Waals surface area contributed by atoms with Crippen LogP contribution in [0.4, 0.5) is 14.5 Å². The molecule has 0 spiro atoms. The molecular formula is C25H33F2N3O4S. The van der Waals surface area contributed by atoms with Crippen LogP contribution < -0.4 is 9.62 Å². The molecule has 0 saturated carbocycles. The Morgan fingerprint density at radius 3 is 2.20 bits per heavy atom. The number of rotatable bonds is 12. The van der Waals surface area contributed by atoms with Gasteiger partial charge in [0.05, 0.1) is 11.9 Å². The monoisotopic (exact) mass is 509 g/mol. The Bertz CT molecular complexity index is 1110. The van der Waals surface area contributed by atoms with Crippen molar-refractivity contribution < 1.29 is 26.8 Å². The zero-order valence-corrected chi connectivity index (χ0v) is 21.3. The second kappa shape index (κ2) is 12.6. The van der Waals surface area contributed by atoms with Gasteiger partial charge >= 0.3 is 0 Å². The second-order valence-electron chi connectivity index (χ2n) is 8.84. The third kappa shape index (κ3) is 8.61. The van der Waals surface area contributed by atoms with Crippen LogP contribution in [0.5, 0.6) is 0 Å². The molecule has 35 heavy (non-hydrogen) atoms. The van der Waals surface area contributed by atoms with Crippen molar-refractivity contribution in [1.82, 2.24) is 10.2 Å². The first-order valence-electron chi connectivity index (χ1n) is 11.4. The van der Waals surface area contributed by atoms with E-state index in [1.165, 1.54) is 23.1 Å². The Kier molecular flexibility index (Phi) is 10.2. The molecule has 0 aliphatic carbocycles. The molecule has 2 aromatic carbocycles. The zero-order chi connectivity index (χ0) is 26.2. The summed E-state index contributed by atoms with van der Waals surface area (Å²) in [5.74, 6) is -1.53. The van der Waals surface area contributed by atoms with Gasteiger partial charge in [-0.25, -0.2) is 17.2 Å². The first kappa shape index (κ1) is 28.2. The average molecular weight is 510 g/mol. The summed E-state index contributed by atoms with van der Waals surface area (Å²) in [6.45, 7) is 5.79. The van der Waals surface area contributed by atoms with Gasteiger partial charge in [-0.15, -0.1) is 0 Å². The number of carbonyl (C=O) groups excluding carboxylic acids is 2. The maximum atomic E-state index is 14.3. The third-order valence-corrected chi connectivity index (χ3v) is 6.61. The van der Waals surface area contributed by atoms with Crippen LogP contribution >= 0.6 is 0 Å². The van der Waals surface area contributed by atoms with Crippen LogP contribution in [0.15, 0.2) is 48.5 Å². The molecule has 0 saturated heterocycles. The third-order valence-electron chi connectivity index (χ3n) is 5.42. The topological polar surface area (TPSA) is 86.8 Å². The van der Waals surface area contributed by atoms with Crippen molar-refractivity contribution in [3.05, 3.63) is 65.7 Å². The molecule has 0 heterocycles. The Labute approximate surface area is 206 Å². The normalized spacial score (nSPS) is 12.3. The smallest absolute Gasteiger partial charge is 0.242 e. The summed E-state index contributed by atoms with van der Waals surface area (Å²) < 4.78 is 53.2. The number of nitrogens with one attached hydrogen (secondary N) is 1.